The molecule has 1 unspecified atom stereocenters. The normalized spacial score (nSPS) is 17.3. The summed E-state index contributed by atoms with van der Waals surface area (Å²) in [6.07, 6.45) is 3.35. The van der Waals surface area contributed by atoms with E-state index in [9.17, 15) is 9.59 Å². The van der Waals surface area contributed by atoms with Gasteiger partial charge in [-0.25, -0.2) is 4.98 Å². The van der Waals surface area contributed by atoms with Crippen LogP contribution in [0.2, 0.25) is 0 Å². The molecule has 1 aliphatic rings. The first-order chi connectivity index (χ1) is 14.1. The van der Waals surface area contributed by atoms with Gasteiger partial charge in [-0.15, -0.1) is 0 Å². The Hall–Kier alpha value is -2.90. The van der Waals surface area contributed by atoms with Gasteiger partial charge in [0.15, 0.2) is 5.69 Å². The van der Waals surface area contributed by atoms with Crippen LogP contribution in [0.3, 0.4) is 0 Å². The number of rotatable bonds is 5. The van der Waals surface area contributed by atoms with Crippen molar-refractivity contribution in [3.05, 3.63) is 35.8 Å². The Morgan fingerprint density at radius 2 is 2.00 bits per heavy atom. The molecule has 2 aromatic rings. The number of nitrogens with one attached hydrogen (secondary N) is 1. The Bertz CT molecular complexity index is 911. The average molecular weight is 413 g/mol. The summed E-state index contributed by atoms with van der Waals surface area (Å²) in [6.45, 7) is 11.8. The molecule has 8 nitrogen and oxygen atoms in total. The van der Waals surface area contributed by atoms with Crippen molar-refractivity contribution in [1.29, 1.82) is 0 Å². The lowest BCUT2D eigenvalue weighted by molar-refractivity contribution is -0.122. The summed E-state index contributed by atoms with van der Waals surface area (Å²) in [5, 5.41) is 7.42. The monoisotopic (exact) mass is 412 g/mol. The van der Waals surface area contributed by atoms with E-state index in [0.717, 1.165) is 30.9 Å². The van der Waals surface area contributed by atoms with Crippen molar-refractivity contribution < 1.29 is 9.59 Å². The molecule has 0 aliphatic carbocycles. The minimum atomic E-state index is -0.265. The molecule has 1 atom stereocenters. The van der Waals surface area contributed by atoms with Gasteiger partial charge in [0, 0.05) is 18.8 Å². The molecule has 1 aliphatic heterocycles. The summed E-state index contributed by atoms with van der Waals surface area (Å²) >= 11 is 0. The number of pyridine rings is 1. The second-order valence-corrected chi connectivity index (χ2v) is 9.24. The topological polar surface area (TPSA) is 106 Å². The summed E-state index contributed by atoms with van der Waals surface area (Å²) in [7, 11) is 0. The number of nitrogens with two attached hydrogens (primary N) is 1. The minimum absolute atomic E-state index is 0.145. The van der Waals surface area contributed by atoms with E-state index in [0.29, 0.717) is 17.9 Å². The molecule has 162 valence electrons. The van der Waals surface area contributed by atoms with Crippen molar-refractivity contribution in [2.45, 2.75) is 58.9 Å². The van der Waals surface area contributed by atoms with Crippen molar-refractivity contribution >= 4 is 23.3 Å². The molecule has 0 aromatic carbocycles. The second kappa shape index (κ2) is 8.45. The maximum atomic E-state index is 12.8. The molecule has 3 heterocycles. The van der Waals surface area contributed by atoms with Gasteiger partial charge in [-0.3, -0.25) is 14.3 Å². The van der Waals surface area contributed by atoms with Gasteiger partial charge in [0.25, 0.3) is 5.91 Å². The largest absolute Gasteiger partial charge is 0.369 e. The molecule has 3 N–H and O–H groups in total. The number of carbonyl (C=O) groups is 2. The van der Waals surface area contributed by atoms with Gasteiger partial charge >= 0.3 is 0 Å². The van der Waals surface area contributed by atoms with Crippen LogP contribution in [0.5, 0.6) is 0 Å². The summed E-state index contributed by atoms with van der Waals surface area (Å²) in [4.78, 5) is 30.8. The molecule has 8 heteroatoms. The first kappa shape index (κ1) is 21.8. The standard InChI is InChI=1S/C22H32N6O2/c1-14(2)18-11-17(26-28(18)22(3,4)5)21(30)25-16-8-9-19(24-12-16)27-10-6-7-15(13-27)20(23)29/h8-9,11-12,14-15H,6-7,10,13H2,1-5H3,(H2,23,29)(H,25,30). The third-order valence-electron chi connectivity index (χ3n) is 5.35. The van der Waals surface area contributed by atoms with Crippen molar-refractivity contribution in [3.8, 4) is 0 Å². The summed E-state index contributed by atoms with van der Waals surface area (Å²) < 4.78 is 1.92. The fourth-order valence-corrected chi connectivity index (χ4v) is 3.71. The van der Waals surface area contributed by atoms with Gasteiger partial charge < -0.3 is 16.0 Å². The van der Waals surface area contributed by atoms with Crippen molar-refractivity contribution in [2.24, 2.45) is 11.7 Å². The Kier molecular flexibility index (Phi) is 6.14. The van der Waals surface area contributed by atoms with E-state index >= 15 is 0 Å². The predicted molar refractivity (Wildman–Crippen MR) is 118 cm³/mol. The zero-order valence-electron chi connectivity index (χ0n) is 18.5. The first-order valence-electron chi connectivity index (χ1n) is 10.5. The van der Waals surface area contributed by atoms with Crippen LogP contribution in [-0.2, 0) is 10.3 Å². The lowest BCUT2D eigenvalue weighted by Crippen LogP contribution is -2.41. The number of aromatic nitrogens is 3. The van der Waals surface area contributed by atoms with Crippen LogP contribution in [0, 0.1) is 5.92 Å². The smallest absolute Gasteiger partial charge is 0.276 e. The Morgan fingerprint density at radius 1 is 1.27 bits per heavy atom. The van der Waals surface area contributed by atoms with Crippen LogP contribution >= 0.6 is 0 Å². The van der Waals surface area contributed by atoms with Gasteiger partial charge in [-0.2, -0.15) is 5.10 Å². The predicted octanol–water partition coefficient (Wildman–Crippen LogP) is 3.11. The van der Waals surface area contributed by atoms with E-state index in [2.05, 4.69) is 54.9 Å². The van der Waals surface area contributed by atoms with Crippen LogP contribution in [0.15, 0.2) is 24.4 Å². The van der Waals surface area contributed by atoms with Gasteiger partial charge in [-0.05, 0) is 57.7 Å². The fraction of sp³-hybridized carbons (Fsp3) is 0.545. The van der Waals surface area contributed by atoms with Crippen molar-refractivity contribution in [3.63, 3.8) is 0 Å². The average Bonchev–Trinajstić information content (AvgIpc) is 3.15. The molecule has 2 aromatic heterocycles. The van der Waals surface area contributed by atoms with E-state index in [1.54, 1.807) is 6.20 Å². The van der Waals surface area contributed by atoms with Gasteiger partial charge in [0.2, 0.25) is 5.91 Å². The summed E-state index contributed by atoms with van der Waals surface area (Å²) in [5.41, 5.74) is 7.26. The molecule has 30 heavy (non-hydrogen) atoms. The lowest BCUT2D eigenvalue weighted by Gasteiger charge is -2.32. The number of nitrogens with zero attached hydrogens (tertiary/aromatic N) is 4. The van der Waals surface area contributed by atoms with Gasteiger partial charge in [0.05, 0.1) is 23.3 Å². The van der Waals surface area contributed by atoms with E-state index < -0.39 is 0 Å². The van der Waals surface area contributed by atoms with Crippen molar-refractivity contribution in [2.75, 3.05) is 23.3 Å². The highest BCUT2D eigenvalue weighted by molar-refractivity contribution is 6.02. The molecule has 0 spiro atoms. The molecule has 0 radical (unpaired) electrons. The highest BCUT2D eigenvalue weighted by atomic mass is 16.2. The molecular weight excluding hydrogens is 380 g/mol. The first-order valence-corrected chi connectivity index (χ1v) is 10.5. The lowest BCUT2D eigenvalue weighted by atomic mass is 9.97. The number of primary amides is 1. The Morgan fingerprint density at radius 3 is 2.53 bits per heavy atom. The van der Waals surface area contributed by atoms with Crippen LogP contribution < -0.4 is 16.0 Å². The van der Waals surface area contributed by atoms with Crippen molar-refractivity contribution in [1.82, 2.24) is 14.8 Å². The molecule has 0 saturated carbocycles. The quantitative estimate of drug-likeness (QED) is 0.785. The Labute approximate surface area is 177 Å². The number of hydrogen-bond donors (Lipinski definition) is 2. The highest BCUT2D eigenvalue weighted by Crippen LogP contribution is 2.25. The summed E-state index contributed by atoms with van der Waals surface area (Å²) in [6, 6.07) is 5.52. The fourth-order valence-electron chi connectivity index (χ4n) is 3.71. The summed E-state index contributed by atoms with van der Waals surface area (Å²) in [5.74, 6) is 0.360. The van der Waals surface area contributed by atoms with E-state index in [1.165, 1.54) is 0 Å². The number of carbonyl (C=O) groups excluding carboxylic acids is 2. The highest BCUT2D eigenvalue weighted by Gasteiger charge is 2.25. The van der Waals surface area contributed by atoms with Crippen LogP contribution in [0.1, 0.15) is 69.6 Å². The third kappa shape index (κ3) is 4.80. The van der Waals surface area contributed by atoms with E-state index in [4.69, 9.17) is 5.73 Å². The zero-order chi connectivity index (χ0) is 22.1. The Balaban J connectivity index is 1.71. The second-order valence-electron chi connectivity index (χ2n) is 9.24. The van der Waals surface area contributed by atoms with E-state index in [1.807, 2.05) is 22.9 Å². The molecule has 2 amide bonds. The minimum Gasteiger partial charge on any atom is -0.369 e. The van der Waals surface area contributed by atoms with Gasteiger partial charge in [-0.1, -0.05) is 13.8 Å². The maximum Gasteiger partial charge on any atom is 0.276 e. The molecular formula is C22H32N6O2. The molecule has 0 bridgehead atoms. The number of piperidine rings is 1. The van der Waals surface area contributed by atoms with Crippen LogP contribution in [0.25, 0.3) is 0 Å². The number of anilines is 2. The van der Waals surface area contributed by atoms with E-state index in [-0.39, 0.29) is 29.2 Å². The number of hydrogen-bond acceptors (Lipinski definition) is 5. The van der Waals surface area contributed by atoms with Crippen LogP contribution in [-0.4, -0.2) is 39.7 Å². The van der Waals surface area contributed by atoms with Crippen LogP contribution in [0.4, 0.5) is 11.5 Å². The number of amides is 2. The molecule has 1 fully saturated rings. The van der Waals surface area contributed by atoms with Gasteiger partial charge in [0.1, 0.15) is 5.82 Å². The zero-order valence-corrected chi connectivity index (χ0v) is 18.5. The molecule has 1 saturated heterocycles. The SMILES string of the molecule is CC(C)c1cc(C(=O)Nc2ccc(N3CCCC(C(N)=O)C3)nc2)nn1C(C)(C)C. The molecule has 3 rings (SSSR count). The maximum absolute atomic E-state index is 12.8. The third-order valence-corrected chi connectivity index (χ3v) is 5.35.